The average Bonchev–Trinajstić information content (AvgIpc) is 2.91. The van der Waals surface area contributed by atoms with Crippen LogP contribution >= 0.6 is 0 Å². The molecule has 0 aromatic heterocycles. The van der Waals surface area contributed by atoms with Gasteiger partial charge in [-0.2, -0.15) is 0 Å². The molecule has 3 rings (SSSR count). The van der Waals surface area contributed by atoms with E-state index < -0.39 is 17.5 Å². The summed E-state index contributed by atoms with van der Waals surface area (Å²) in [5.41, 5.74) is 3.00. The van der Waals surface area contributed by atoms with E-state index in [9.17, 15) is 9.59 Å². The highest BCUT2D eigenvalue weighted by molar-refractivity contribution is 5.81. The molecule has 2 heterocycles. The Bertz CT molecular complexity index is 1000. The van der Waals surface area contributed by atoms with Gasteiger partial charge in [0.05, 0.1) is 6.10 Å². The van der Waals surface area contributed by atoms with Crippen molar-refractivity contribution in [1.82, 2.24) is 0 Å². The lowest BCUT2D eigenvalue weighted by Gasteiger charge is -2.32. The molecular formula is C34H54O6. The third-order valence-corrected chi connectivity index (χ3v) is 9.11. The molecule has 0 aliphatic carbocycles. The van der Waals surface area contributed by atoms with Gasteiger partial charge in [-0.25, -0.2) is 4.79 Å². The number of esters is 1. The predicted octanol–water partition coefficient (Wildman–Crippen LogP) is 8.82. The van der Waals surface area contributed by atoms with Crippen molar-refractivity contribution in [3.05, 3.63) is 22.3 Å². The number of benzene rings is 1. The molecule has 6 heteroatoms. The summed E-state index contributed by atoms with van der Waals surface area (Å²) in [6.07, 6.45) is 13.1. The SMILES string of the molecule is Cc1c(C)c2c(c(C)c1OC(=O)C1(C)COC(=O)OC1)CCC(CCC[C@H](C)CCC[C@H](C)CCCC(C)C)O2. The highest BCUT2D eigenvalue weighted by Gasteiger charge is 2.43. The summed E-state index contributed by atoms with van der Waals surface area (Å²) in [4.78, 5) is 24.3. The monoisotopic (exact) mass is 558 g/mol. The Kier molecular flexibility index (Phi) is 11.8. The van der Waals surface area contributed by atoms with Crippen molar-refractivity contribution in [3.63, 3.8) is 0 Å². The quantitative estimate of drug-likeness (QED) is 0.168. The largest absolute Gasteiger partial charge is 0.508 e. The molecule has 0 bridgehead atoms. The van der Waals surface area contributed by atoms with Crippen LogP contribution in [0.15, 0.2) is 0 Å². The topological polar surface area (TPSA) is 71.1 Å². The molecule has 3 atom stereocenters. The lowest BCUT2D eigenvalue weighted by atomic mass is 9.89. The van der Waals surface area contributed by atoms with Gasteiger partial charge in [-0.15, -0.1) is 0 Å². The first-order valence-corrected chi connectivity index (χ1v) is 15.7. The number of carbonyl (C=O) groups excluding carboxylic acids is 2. The number of ether oxygens (including phenoxy) is 4. The molecule has 6 nitrogen and oxygen atoms in total. The van der Waals surface area contributed by atoms with E-state index in [0.717, 1.165) is 65.0 Å². The lowest BCUT2D eigenvalue weighted by Crippen LogP contribution is -2.45. The van der Waals surface area contributed by atoms with Crippen LogP contribution in [0.2, 0.25) is 0 Å². The molecule has 0 spiro atoms. The van der Waals surface area contributed by atoms with Gasteiger partial charge in [-0.3, -0.25) is 4.79 Å². The van der Waals surface area contributed by atoms with Crippen LogP contribution in [0.25, 0.3) is 0 Å². The molecule has 0 saturated carbocycles. The first-order chi connectivity index (χ1) is 18.9. The van der Waals surface area contributed by atoms with E-state index in [4.69, 9.17) is 18.9 Å². The molecule has 40 heavy (non-hydrogen) atoms. The number of hydrogen-bond donors (Lipinski definition) is 0. The minimum Gasteiger partial charge on any atom is -0.490 e. The van der Waals surface area contributed by atoms with E-state index in [-0.39, 0.29) is 19.3 Å². The van der Waals surface area contributed by atoms with E-state index >= 15 is 0 Å². The van der Waals surface area contributed by atoms with Crippen LogP contribution in [0.1, 0.15) is 121 Å². The third-order valence-electron chi connectivity index (χ3n) is 9.11. The van der Waals surface area contributed by atoms with Crippen LogP contribution in [0, 0.1) is 43.9 Å². The summed E-state index contributed by atoms with van der Waals surface area (Å²) in [5.74, 6) is 3.54. The Hall–Kier alpha value is -2.24. The molecule has 1 fully saturated rings. The van der Waals surface area contributed by atoms with Crippen LogP contribution in [-0.4, -0.2) is 31.4 Å². The Balaban J connectivity index is 1.48. The summed E-state index contributed by atoms with van der Waals surface area (Å²) in [6, 6.07) is 0. The van der Waals surface area contributed by atoms with Crippen LogP contribution in [0.5, 0.6) is 11.5 Å². The van der Waals surface area contributed by atoms with Gasteiger partial charge in [0.2, 0.25) is 0 Å². The van der Waals surface area contributed by atoms with Crippen molar-refractivity contribution in [2.24, 2.45) is 23.2 Å². The van der Waals surface area contributed by atoms with Crippen molar-refractivity contribution in [2.45, 2.75) is 132 Å². The molecule has 0 radical (unpaired) electrons. The van der Waals surface area contributed by atoms with Crippen molar-refractivity contribution in [2.75, 3.05) is 13.2 Å². The number of cyclic esters (lactones) is 2. The summed E-state index contributed by atoms with van der Waals surface area (Å²) >= 11 is 0. The fraction of sp³-hybridized carbons (Fsp3) is 0.765. The Labute approximate surface area is 242 Å². The maximum Gasteiger partial charge on any atom is 0.508 e. The van der Waals surface area contributed by atoms with Gasteiger partial charge in [0.15, 0.2) is 0 Å². The zero-order valence-corrected chi connectivity index (χ0v) is 26.5. The fourth-order valence-corrected chi connectivity index (χ4v) is 6.03. The van der Waals surface area contributed by atoms with Gasteiger partial charge in [0, 0.05) is 5.56 Å². The van der Waals surface area contributed by atoms with Gasteiger partial charge in [-0.05, 0) is 87.8 Å². The molecule has 0 N–H and O–H groups in total. The fourth-order valence-electron chi connectivity index (χ4n) is 6.03. The molecule has 2 aliphatic heterocycles. The van der Waals surface area contributed by atoms with Crippen molar-refractivity contribution >= 4 is 12.1 Å². The standard InChI is InChI=1S/C34H54O6/c1-22(2)12-9-13-23(3)14-10-15-24(4)16-11-17-28-18-19-29-27(7)30(25(5)26(6)31(29)39-28)40-32(35)34(8)20-37-33(36)38-21-34/h22-24,28H,9-21H2,1-8H3/t23-,24-,28?/m1/s1. The van der Waals surface area contributed by atoms with E-state index in [0.29, 0.717) is 5.75 Å². The first-order valence-electron chi connectivity index (χ1n) is 15.7. The van der Waals surface area contributed by atoms with Gasteiger partial charge in [0.1, 0.15) is 30.1 Å². The second-order valence-electron chi connectivity index (χ2n) is 13.5. The summed E-state index contributed by atoms with van der Waals surface area (Å²) in [6.45, 7) is 17.1. The molecule has 2 aliphatic rings. The van der Waals surface area contributed by atoms with Crippen LogP contribution < -0.4 is 9.47 Å². The number of fused-ring (bicyclic) bond motifs is 1. The van der Waals surface area contributed by atoms with Crippen LogP contribution in [0.4, 0.5) is 4.79 Å². The molecular weight excluding hydrogens is 504 g/mol. The Morgan fingerprint density at radius 3 is 2.05 bits per heavy atom. The van der Waals surface area contributed by atoms with Gasteiger partial charge in [-0.1, -0.05) is 72.6 Å². The molecule has 0 amide bonds. The molecule has 1 aromatic rings. The smallest absolute Gasteiger partial charge is 0.490 e. The summed E-state index contributed by atoms with van der Waals surface area (Å²) < 4.78 is 22.4. The number of hydrogen-bond acceptors (Lipinski definition) is 6. The van der Waals surface area contributed by atoms with E-state index in [2.05, 4.69) is 27.7 Å². The maximum absolute atomic E-state index is 13.0. The van der Waals surface area contributed by atoms with E-state index in [1.54, 1.807) is 6.92 Å². The molecule has 1 unspecified atom stereocenters. The van der Waals surface area contributed by atoms with Crippen molar-refractivity contribution < 1.29 is 28.5 Å². The second-order valence-corrected chi connectivity index (χ2v) is 13.5. The zero-order chi connectivity index (χ0) is 29.4. The second kappa shape index (κ2) is 14.6. The van der Waals surface area contributed by atoms with Crippen molar-refractivity contribution in [3.8, 4) is 11.5 Å². The maximum atomic E-state index is 13.0. The highest BCUT2D eigenvalue weighted by Crippen LogP contribution is 2.43. The van der Waals surface area contributed by atoms with E-state index in [1.165, 1.54) is 51.4 Å². The zero-order valence-electron chi connectivity index (χ0n) is 26.5. The molecule has 1 aromatic carbocycles. The molecule has 226 valence electrons. The predicted molar refractivity (Wildman–Crippen MR) is 159 cm³/mol. The number of carbonyl (C=O) groups is 2. The first kappa shape index (κ1) is 32.3. The van der Waals surface area contributed by atoms with Crippen molar-refractivity contribution in [1.29, 1.82) is 0 Å². The van der Waals surface area contributed by atoms with Gasteiger partial charge >= 0.3 is 12.1 Å². The average molecular weight is 559 g/mol. The summed E-state index contributed by atoms with van der Waals surface area (Å²) in [7, 11) is 0. The third kappa shape index (κ3) is 8.63. The minimum absolute atomic E-state index is 0.0480. The minimum atomic E-state index is -1.03. The summed E-state index contributed by atoms with van der Waals surface area (Å²) in [5, 5.41) is 0. The lowest BCUT2D eigenvalue weighted by molar-refractivity contribution is -0.156. The highest BCUT2D eigenvalue weighted by atomic mass is 16.7. The Morgan fingerprint density at radius 1 is 0.875 bits per heavy atom. The Morgan fingerprint density at radius 2 is 1.45 bits per heavy atom. The van der Waals surface area contributed by atoms with Crippen LogP contribution in [0.3, 0.4) is 0 Å². The van der Waals surface area contributed by atoms with E-state index in [1.807, 2.05) is 20.8 Å². The van der Waals surface area contributed by atoms with Gasteiger partial charge in [0.25, 0.3) is 0 Å². The normalized spacial score (nSPS) is 19.7. The van der Waals surface area contributed by atoms with Gasteiger partial charge < -0.3 is 18.9 Å². The molecule has 1 saturated heterocycles. The number of rotatable bonds is 14. The van der Waals surface area contributed by atoms with Crippen LogP contribution in [-0.2, 0) is 20.7 Å².